The topological polar surface area (TPSA) is 79.8 Å². The highest BCUT2D eigenvalue weighted by Crippen LogP contribution is 2.24. The van der Waals surface area contributed by atoms with Crippen LogP contribution in [-0.4, -0.2) is 33.8 Å². The van der Waals surface area contributed by atoms with E-state index in [0.717, 1.165) is 55.8 Å². The summed E-state index contributed by atoms with van der Waals surface area (Å²) in [7, 11) is 0. The van der Waals surface area contributed by atoms with Gasteiger partial charge in [0.05, 0.1) is 0 Å². The van der Waals surface area contributed by atoms with Crippen molar-refractivity contribution in [2.24, 2.45) is 0 Å². The maximum absolute atomic E-state index is 11.1. The van der Waals surface area contributed by atoms with Crippen LogP contribution in [0.4, 0.5) is 11.8 Å². The summed E-state index contributed by atoms with van der Waals surface area (Å²) < 4.78 is 0. The number of ketones is 1. The molecular formula is C19H25N5O. The molecule has 2 aromatic heterocycles. The normalized spacial score (nSPS) is 15.1. The van der Waals surface area contributed by atoms with Gasteiger partial charge in [0.1, 0.15) is 11.6 Å². The van der Waals surface area contributed by atoms with Gasteiger partial charge < -0.3 is 15.4 Å². The first-order valence-electron chi connectivity index (χ1n) is 8.96. The molecule has 0 saturated carbocycles. The second kappa shape index (κ2) is 8.67. The number of anilines is 2. The number of piperidine rings is 1. The van der Waals surface area contributed by atoms with E-state index < -0.39 is 0 Å². The molecule has 0 atom stereocenters. The molecular weight excluding hydrogens is 314 g/mol. The van der Waals surface area contributed by atoms with Crippen molar-refractivity contribution in [3.05, 3.63) is 41.9 Å². The van der Waals surface area contributed by atoms with Crippen molar-refractivity contribution in [1.29, 1.82) is 0 Å². The van der Waals surface area contributed by atoms with Crippen LogP contribution in [0.5, 0.6) is 0 Å². The van der Waals surface area contributed by atoms with Crippen LogP contribution in [0.25, 0.3) is 0 Å². The lowest BCUT2D eigenvalue weighted by Crippen LogP contribution is -2.27. The summed E-state index contributed by atoms with van der Waals surface area (Å²) in [6.45, 7) is 3.72. The predicted octanol–water partition coefficient (Wildman–Crippen LogP) is 2.99. The standard InChI is InChI=1S/C19H25N5O/c1-14(25)3-2-4-15-5-11-21-18(13-15)24-19-22-12-8-17(23-19)16-6-9-20-10-7-16/h5,8,11-13,16,20H,2-4,6-7,9-10H2,1H3,(H,21,22,23,24). The Morgan fingerprint density at radius 1 is 1.24 bits per heavy atom. The second-order valence-corrected chi connectivity index (χ2v) is 6.56. The molecule has 0 amide bonds. The predicted molar refractivity (Wildman–Crippen MR) is 98.0 cm³/mol. The Balaban J connectivity index is 1.64. The molecule has 6 heteroatoms. The SMILES string of the molecule is CC(=O)CCCc1ccnc(Nc2nccc(C3CCNCC3)n2)c1. The number of rotatable bonds is 7. The van der Waals surface area contributed by atoms with Crippen molar-refractivity contribution in [1.82, 2.24) is 20.3 Å². The molecule has 3 heterocycles. The van der Waals surface area contributed by atoms with E-state index in [9.17, 15) is 4.79 Å². The molecule has 1 saturated heterocycles. The number of pyridine rings is 1. The van der Waals surface area contributed by atoms with Gasteiger partial charge in [0.15, 0.2) is 0 Å². The van der Waals surface area contributed by atoms with Crippen molar-refractivity contribution in [2.45, 2.75) is 44.9 Å². The van der Waals surface area contributed by atoms with Gasteiger partial charge in [-0.25, -0.2) is 15.0 Å². The largest absolute Gasteiger partial charge is 0.317 e. The van der Waals surface area contributed by atoms with E-state index in [1.165, 1.54) is 0 Å². The van der Waals surface area contributed by atoms with Crippen LogP contribution in [0.15, 0.2) is 30.6 Å². The lowest BCUT2D eigenvalue weighted by Gasteiger charge is -2.22. The van der Waals surface area contributed by atoms with Gasteiger partial charge in [0.2, 0.25) is 5.95 Å². The van der Waals surface area contributed by atoms with Crippen molar-refractivity contribution >= 4 is 17.5 Å². The number of carbonyl (C=O) groups is 1. The third-order valence-electron chi connectivity index (χ3n) is 4.49. The monoisotopic (exact) mass is 339 g/mol. The number of Topliss-reactive ketones (excluding diaryl/α,β-unsaturated/α-hetero) is 1. The number of carbonyl (C=O) groups excluding carboxylic acids is 1. The Kier molecular flexibility index (Phi) is 6.06. The second-order valence-electron chi connectivity index (χ2n) is 6.56. The Labute approximate surface area is 148 Å². The minimum atomic E-state index is 0.232. The minimum absolute atomic E-state index is 0.232. The Morgan fingerprint density at radius 3 is 2.84 bits per heavy atom. The molecule has 0 radical (unpaired) electrons. The van der Waals surface area contributed by atoms with Gasteiger partial charge in [0.25, 0.3) is 0 Å². The minimum Gasteiger partial charge on any atom is -0.317 e. The van der Waals surface area contributed by atoms with Crippen LogP contribution in [0.2, 0.25) is 0 Å². The molecule has 0 unspecified atom stereocenters. The highest BCUT2D eigenvalue weighted by molar-refractivity contribution is 5.75. The molecule has 25 heavy (non-hydrogen) atoms. The fourth-order valence-corrected chi connectivity index (χ4v) is 3.13. The van der Waals surface area contributed by atoms with E-state index in [0.29, 0.717) is 18.3 Å². The van der Waals surface area contributed by atoms with Gasteiger partial charge in [-0.3, -0.25) is 0 Å². The lowest BCUT2D eigenvalue weighted by atomic mass is 9.94. The molecule has 132 valence electrons. The van der Waals surface area contributed by atoms with Crippen molar-refractivity contribution in [3.8, 4) is 0 Å². The van der Waals surface area contributed by atoms with Crippen molar-refractivity contribution in [3.63, 3.8) is 0 Å². The number of hydrogen-bond donors (Lipinski definition) is 2. The van der Waals surface area contributed by atoms with Crippen LogP contribution in [0, 0.1) is 0 Å². The fourth-order valence-electron chi connectivity index (χ4n) is 3.13. The molecule has 0 aromatic carbocycles. The number of nitrogens with one attached hydrogen (secondary N) is 2. The molecule has 3 rings (SSSR count). The first-order chi connectivity index (χ1) is 12.2. The number of aryl methyl sites for hydroxylation is 1. The molecule has 1 aliphatic rings. The lowest BCUT2D eigenvalue weighted by molar-refractivity contribution is -0.117. The summed E-state index contributed by atoms with van der Waals surface area (Å²) in [6.07, 6.45) is 8.16. The van der Waals surface area contributed by atoms with E-state index in [-0.39, 0.29) is 5.78 Å². The highest BCUT2D eigenvalue weighted by Gasteiger charge is 2.17. The smallest absolute Gasteiger partial charge is 0.228 e. The zero-order valence-electron chi connectivity index (χ0n) is 14.7. The third-order valence-corrected chi connectivity index (χ3v) is 4.49. The summed E-state index contributed by atoms with van der Waals surface area (Å²) in [6, 6.07) is 5.99. The molecule has 1 fully saturated rings. The van der Waals surface area contributed by atoms with Crippen molar-refractivity contribution in [2.75, 3.05) is 18.4 Å². The Hall–Kier alpha value is -2.34. The van der Waals surface area contributed by atoms with Gasteiger partial charge in [-0.1, -0.05) is 0 Å². The van der Waals surface area contributed by atoms with Gasteiger partial charge in [-0.2, -0.15) is 0 Å². The average Bonchev–Trinajstić information content (AvgIpc) is 2.63. The van der Waals surface area contributed by atoms with E-state index in [1.807, 2.05) is 24.4 Å². The van der Waals surface area contributed by atoms with Crippen LogP contribution in [-0.2, 0) is 11.2 Å². The first-order valence-corrected chi connectivity index (χ1v) is 8.96. The summed E-state index contributed by atoms with van der Waals surface area (Å²) in [5, 5.41) is 6.59. The van der Waals surface area contributed by atoms with Gasteiger partial charge >= 0.3 is 0 Å². The van der Waals surface area contributed by atoms with Crippen LogP contribution in [0.1, 0.15) is 49.8 Å². The average molecular weight is 339 g/mol. The Bertz CT molecular complexity index is 712. The molecule has 0 aliphatic carbocycles. The fraction of sp³-hybridized carbons (Fsp3) is 0.474. The van der Waals surface area contributed by atoms with Crippen LogP contribution < -0.4 is 10.6 Å². The molecule has 2 aromatic rings. The summed E-state index contributed by atoms with van der Waals surface area (Å²) in [5.41, 5.74) is 2.25. The summed E-state index contributed by atoms with van der Waals surface area (Å²) in [5.74, 6) is 2.05. The summed E-state index contributed by atoms with van der Waals surface area (Å²) in [4.78, 5) is 24.4. The van der Waals surface area contributed by atoms with E-state index in [2.05, 4.69) is 25.6 Å². The molecule has 6 nitrogen and oxygen atoms in total. The molecule has 2 N–H and O–H groups in total. The van der Waals surface area contributed by atoms with E-state index in [4.69, 9.17) is 0 Å². The maximum atomic E-state index is 11.1. The number of nitrogens with zero attached hydrogens (tertiary/aromatic N) is 3. The molecule has 1 aliphatic heterocycles. The van der Waals surface area contributed by atoms with Gasteiger partial charge in [-0.05, 0) is 69.5 Å². The van der Waals surface area contributed by atoms with E-state index >= 15 is 0 Å². The quantitative estimate of drug-likeness (QED) is 0.807. The van der Waals surface area contributed by atoms with Crippen LogP contribution >= 0.6 is 0 Å². The number of hydrogen-bond acceptors (Lipinski definition) is 6. The van der Waals surface area contributed by atoms with Crippen molar-refractivity contribution < 1.29 is 4.79 Å². The zero-order valence-corrected chi connectivity index (χ0v) is 14.7. The third kappa shape index (κ3) is 5.32. The molecule has 0 spiro atoms. The molecule has 0 bridgehead atoms. The van der Waals surface area contributed by atoms with Gasteiger partial charge in [0, 0.05) is 30.4 Å². The number of aromatic nitrogens is 3. The maximum Gasteiger partial charge on any atom is 0.228 e. The highest BCUT2D eigenvalue weighted by atomic mass is 16.1. The summed E-state index contributed by atoms with van der Waals surface area (Å²) >= 11 is 0. The first kappa shape index (κ1) is 17.5. The Morgan fingerprint density at radius 2 is 2.04 bits per heavy atom. The van der Waals surface area contributed by atoms with Crippen LogP contribution in [0.3, 0.4) is 0 Å². The van der Waals surface area contributed by atoms with E-state index in [1.54, 1.807) is 13.1 Å². The van der Waals surface area contributed by atoms with Gasteiger partial charge in [-0.15, -0.1) is 0 Å². The zero-order chi connectivity index (χ0) is 17.5.